The maximum absolute atomic E-state index is 13.4. The standard InChI is InChI=1S/C20H18N2O9/c1-9-4-5-12(13(8-9)22(27)28)21-17(25)15-14-6-7-20(31-14,16(15)18(21)26)19(29-10(2)23)30-11(3)24/h4-8,14-16,19H,1-3H3/t14-,15-,16+,20+/m0/s1. The van der Waals surface area contributed by atoms with Crippen molar-refractivity contribution in [2.24, 2.45) is 11.8 Å². The topological polar surface area (TPSA) is 142 Å². The third kappa shape index (κ3) is 3.00. The number of rotatable bonds is 5. The molecule has 0 aromatic heterocycles. The summed E-state index contributed by atoms with van der Waals surface area (Å²) in [6.45, 7) is 3.84. The Hall–Kier alpha value is -3.60. The maximum Gasteiger partial charge on any atom is 0.305 e. The third-order valence-electron chi connectivity index (χ3n) is 5.56. The summed E-state index contributed by atoms with van der Waals surface area (Å²) >= 11 is 0. The molecule has 2 saturated heterocycles. The van der Waals surface area contributed by atoms with E-state index in [-0.39, 0.29) is 5.69 Å². The molecule has 0 radical (unpaired) electrons. The molecule has 0 aliphatic carbocycles. The summed E-state index contributed by atoms with van der Waals surface area (Å²) < 4.78 is 16.1. The molecule has 11 nitrogen and oxygen atoms in total. The molecule has 31 heavy (non-hydrogen) atoms. The van der Waals surface area contributed by atoms with Gasteiger partial charge in [-0.2, -0.15) is 0 Å². The summed E-state index contributed by atoms with van der Waals surface area (Å²) in [7, 11) is 0. The average molecular weight is 430 g/mol. The molecule has 4 rings (SSSR count). The minimum atomic E-state index is -1.71. The molecular weight excluding hydrogens is 412 g/mol. The number of hydrogen-bond acceptors (Lipinski definition) is 9. The van der Waals surface area contributed by atoms with Gasteiger partial charge >= 0.3 is 11.9 Å². The Bertz CT molecular complexity index is 1050. The number of carbonyl (C=O) groups excluding carboxylic acids is 4. The average Bonchev–Trinajstić information content (AvgIpc) is 3.32. The Kier molecular flexibility index (Phi) is 4.65. The van der Waals surface area contributed by atoms with E-state index in [1.807, 2.05) is 0 Å². The van der Waals surface area contributed by atoms with Gasteiger partial charge in [-0.25, -0.2) is 4.90 Å². The van der Waals surface area contributed by atoms with Crippen LogP contribution in [0.25, 0.3) is 0 Å². The van der Waals surface area contributed by atoms with E-state index in [4.69, 9.17) is 14.2 Å². The molecule has 3 aliphatic rings. The molecule has 11 heteroatoms. The highest BCUT2D eigenvalue weighted by Gasteiger charge is 2.72. The number of aryl methyl sites for hydroxylation is 1. The van der Waals surface area contributed by atoms with Crippen molar-refractivity contribution in [1.82, 2.24) is 0 Å². The highest BCUT2D eigenvalue weighted by molar-refractivity contribution is 6.24. The summed E-state index contributed by atoms with van der Waals surface area (Å²) in [5, 5.41) is 11.5. The molecule has 0 unspecified atom stereocenters. The van der Waals surface area contributed by atoms with Gasteiger partial charge in [-0.15, -0.1) is 0 Å². The number of esters is 2. The summed E-state index contributed by atoms with van der Waals surface area (Å²) in [6.07, 6.45) is 0.514. The normalized spacial score (nSPS) is 28.3. The van der Waals surface area contributed by atoms with Crippen molar-refractivity contribution >= 4 is 35.1 Å². The first-order valence-electron chi connectivity index (χ1n) is 9.41. The number of ether oxygens (including phenoxy) is 3. The number of nitro benzene ring substituents is 1. The number of anilines is 1. The quantitative estimate of drug-likeness (QED) is 0.168. The van der Waals surface area contributed by atoms with Crippen LogP contribution < -0.4 is 4.90 Å². The number of benzene rings is 1. The van der Waals surface area contributed by atoms with E-state index in [0.29, 0.717) is 5.56 Å². The van der Waals surface area contributed by atoms with Gasteiger partial charge in [0, 0.05) is 19.9 Å². The van der Waals surface area contributed by atoms with Crippen molar-refractivity contribution in [3.8, 4) is 0 Å². The van der Waals surface area contributed by atoms with Gasteiger partial charge in [-0.1, -0.05) is 12.1 Å². The zero-order chi connectivity index (χ0) is 22.7. The second-order valence-electron chi connectivity index (χ2n) is 7.61. The van der Waals surface area contributed by atoms with Crippen LogP contribution in [0, 0.1) is 28.9 Å². The molecule has 1 aromatic carbocycles. The second kappa shape index (κ2) is 6.98. The lowest BCUT2D eigenvalue weighted by molar-refractivity contribution is -0.384. The fourth-order valence-electron chi connectivity index (χ4n) is 4.42. The number of hydrogen-bond donors (Lipinski definition) is 0. The zero-order valence-electron chi connectivity index (χ0n) is 16.8. The molecule has 2 bridgehead atoms. The van der Waals surface area contributed by atoms with Gasteiger partial charge in [0.1, 0.15) is 5.69 Å². The minimum Gasteiger partial charge on any atom is -0.422 e. The number of amides is 2. The van der Waals surface area contributed by atoms with Crippen LogP contribution in [0.3, 0.4) is 0 Å². The first kappa shape index (κ1) is 20.7. The lowest BCUT2D eigenvalue weighted by atomic mass is 9.76. The fraction of sp³-hybridized carbons (Fsp3) is 0.400. The van der Waals surface area contributed by atoms with E-state index in [2.05, 4.69) is 0 Å². The predicted molar refractivity (Wildman–Crippen MR) is 101 cm³/mol. The van der Waals surface area contributed by atoms with Crippen molar-refractivity contribution in [1.29, 1.82) is 0 Å². The van der Waals surface area contributed by atoms with Crippen molar-refractivity contribution in [3.63, 3.8) is 0 Å². The highest BCUT2D eigenvalue weighted by Crippen LogP contribution is 2.55. The van der Waals surface area contributed by atoms with Crippen LogP contribution >= 0.6 is 0 Å². The van der Waals surface area contributed by atoms with Crippen LogP contribution in [0.2, 0.25) is 0 Å². The summed E-state index contributed by atoms with van der Waals surface area (Å²) in [5.74, 6) is -5.22. The van der Waals surface area contributed by atoms with Gasteiger partial charge in [0.15, 0.2) is 5.60 Å². The molecule has 0 spiro atoms. The van der Waals surface area contributed by atoms with Crippen LogP contribution in [-0.4, -0.2) is 46.7 Å². The lowest BCUT2D eigenvalue weighted by Gasteiger charge is -2.34. The Morgan fingerprint density at radius 3 is 2.42 bits per heavy atom. The van der Waals surface area contributed by atoms with Crippen LogP contribution in [0.1, 0.15) is 19.4 Å². The second-order valence-corrected chi connectivity index (χ2v) is 7.61. The lowest BCUT2D eigenvalue weighted by Crippen LogP contribution is -2.52. The Labute approximate surface area is 175 Å². The van der Waals surface area contributed by atoms with E-state index < -0.39 is 64.2 Å². The molecule has 0 N–H and O–H groups in total. The Morgan fingerprint density at radius 2 is 1.84 bits per heavy atom. The first-order valence-corrected chi connectivity index (χ1v) is 9.41. The Balaban J connectivity index is 1.79. The van der Waals surface area contributed by atoms with E-state index in [9.17, 15) is 29.3 Å². The summed E-state index contributed by atoms with van der Waals surface area (Å²) in [5.41, 5.74) is -1.69. The van der Waals surface area contributed by atoms with Crippen LogP contribution in [0.15, 0.2) is 30.4 Å². The van der Waals surface area contributed by atoms with Crippen molar-refractivity contribution < 1.29 is 38.3 Å². The Morgan fingerprint density at radius 1 is 1.19 bits per heavy atom. The summed E-state index contributed by atoms with van der Waals surface area (Å²) in [6, 6.07) is 4.16. The SMILES string of the molecule is CC(=O)OC(OC(C)=O)[C@]12C=C[C@H](O1)[C@@H]1C(=O)N(c3ccc(C)cc3[N+](=O)[O-])C(=O)[C@@H]12. The smallest absolute Gasteiger partial charge is 0.305 e. The monoisotopic (exact) mass is 430 g/mol. The van der Waals surface area contributed by atoms with Gasteiger partial charge in [0.25, 0.3) is 12.0 Å². The molecular formula is C20H18N2O9. The van der Waals surface area contributed by atoms with Gasteiger partial charge in [-0.05, 0) is 24.6 Å². The number of fused-ring (bicyclic) bond motifs is 5. The van der Waals surface area contributed by atoms with Crippen LogP contribution in [0.5, 0.6) is 0 Å². The number of nitrogens with zero attached hydrogens (tertiary/aromatic N) is 2. The van der Waals surface area contributed by atoms with E-state index in [1.54, 1.807) is 13.0 Å². The predicted octanol–water partition coefficient (Wildman–Crippen LogP) is 1.17. The fourth-order valence-corrected chi connectivity index (χ4v) is 4.42. The van der Waals surface area contributed by atoms with Gasteiger partial charge in [0.2, 0.25) is 11.8 Å². The zero-order valence-corrected chi connectivity index (χ0v) is 16.8. The van der Waals surface area contributed by atoms with Gasteiger partial charge < -0.3 is 14.2 Å². The van der Waals surface area contributed by atoms with Crippen LogP contribution in [-0.2, 0) is 33.4 Å². The molecule has 4 atom stereocenters. The van der Waals surface area contributed by atoms with Gasteiger partial charge in [-0.3, -0.25) is 29.3 Å². The first-order chi connectivity index (χ1) is 14.6. The molecule has 0 saturated carbocycles. The summed E-state index contributed by atoms with van der Waals surface area (Å²) in [4.78, 5) is 61.5. The number of nitro groups is 1. The molecule has 1 aromatic rings. The van der Waals surface area contributed by atoms with Crippen LogP contribution in [0.4, 0.5) is 11.4 Å². The molecule has 3 aliphatic heterocycles. The highest BCUT2D eigenvalue weighted by atomic mass is 16.7. The molecule has 2 fully saturated rings. The third-order valence-corrected chi connectivity index (χ3v) is 5.56. The minimum absolute atomic E-state index is 0.161. The number of carbonyl (C=O) groups is 4. The molecule has 162 valence electrons. The van der Waals surface area contributed by atoms with Crippen molar-refractivity contribution in [3.05, 3.63) is 46.0 Å². The van der Waals surface area contributed by atoms with E-state index in [0.717, 1.165) is 18.7 Å². The van der Waals surface area contributed by atoms with Crippen molar-refractivity contribution in [2.45, 2.75) is 38.8 Å². The largest absolute Gasteiger partial charge is 0.422 e. The molecule has 2 amide bonds. The van der Waals surface area contributed by atoms with E-state index >= 15 is 0 Å². The molecule has 3 heterocycles. The van der Waals surface area contributed by atoms with Crippen molar-refractivity contribution in [2.75, 3.05) is 4.90 Å². The maximum atomic E-state index is 13.4. The van der Waals surface area contributed by atoms with E-state index in [1.165, 1.54) is 24.3 Å². The number of imide groups is 1. The van der Waals surface area contributed by atoms with Gasteiger partial charge in [0.05, 0.1) is 22.9 Å².